The normalized spacial score (nSPS) is 14.1. The van der Waals surface area contributed by atoms with E-state index in [0.29, 0.717) is 23.2 Å². The number of hydrogen-bond acceptors (Lipinski definition) is 5. The molecule has 6 heteroatoms. The van der Waals surface area contributed by atoms with Gasteiger partial charge in [0, 0.05) is 11.1 Å². The van der Waals surface area contributed by atoms with Crippen molar-refractivity contribution in [1.29, 1.82) is 0 Å². The number of furan rings is 1. The minimum absolute atomic E-state index is 0.368. The van der Waals surface area contributed by atoms with Gasteiger partial charge in [-0.2, -0.15) is 0 Å². The predicted octanol–water partition coefficient (Wildman–Crippen LogP) is 5.81. The van der Waals surface area contributed by atoms with Crippen LogP contribution in [-0.4, -0.2) is 23.5 Å². The zero-order valence-corrected chi connectivity index (χ0v) is 18.8. The smallest absolute Gasteiger partial charge is 0.339 e. The first-order valence-corrected chi connectivity index (χ1v) is 11.3. The van der Waals surface area contributed by atoms with Crippen molar-refractivity contribution in [2.45, 2.75) is 26.2 Å². The molecule has 0 fully saturated rings. The van der Waals surface area contributed by atoms with E-state index in [9.17, 15) is 9.59 Å². The summed E-state index contributed by atoms with van der Waals surface area (Å²) < 4.78 is 11.0. The highest BCUT2D eigenvalue weighted by Crippen LogP contribution is 2.36. The van der Waals surface area contributed by atoms with E-state index in [1.54, 1.807) is 12.3 Å². The van der Waals surface area contributed by atoms with Crippen molar-refractivity contribution in [2.24, 2.45) is 0 Å². The molecule has 2 aromatic carbocycles. The van der Waals surface area contributed by atoms with Crippen LogP contribution in [0.2, 0.25) is 0 Å². The zero-order valence-electron chi connectivity index (χ0n) is 18.8. The van der Waals surface area contributed by atoms with Gasteiger partial charge in [0.2, 0.25) is 0 Å². The molecule has 0 radical (unpaired) electrons. The number of rotatable bonds is 5. The lowest BCUT2D eigenvalue weighted by atomic mass is 9.86. The lowest BCUT2D eigenvalue weighted by Crippen LogP contribution is -2.22. The SMILES string of the molecule is Cc1cccc(NC(=O)COC(=O)c2c3c(nc4ccccc24)C(=Cc2ccco2)CCC3)c1. The lowest BCUT2D eigenvalue weighted by molar-refractivity contribution is -0.119. The molecule has 0 saturated carbocycles. The summed E-state index contributed by atoms with van der Waals surface area (Å²) in [5.74, 6) is -0.159. The van der Waals surface area contributed by atoms with Gasteiger partial charge in [-0.05, 0) is 79.3 Å². The molecule has 0 atom stereocenters. The Morgan fingerprint density at radius 3 is 2.79 bits per heavy atom. The zero-order chi connectivity index (χ0) is 23.5. The predicted molar refractivity (Wildman–Crippen MR) is 131 cm³/mol. The first-order chi connectivity index (χ1) is 16.6. The fourth-order valence-corrected chi connectivity index (χ4v) is 4.38. The van der Waals surface area contributed by atoms with Crippen molar-refractivity contribution in [3.05, 3.63) is 95.1 Å². The number of nitrogens with zero attached hydrogens (tertiary/aromatic N) is 1. The summed E-state index contributed by atoms with van der Waals surface area (Å²) in [5, 5.41) is 3.50. The van der Waals surface area contributed by atoms with Crippen LogP contribution in [0.3, 0.4) is 0 Å². The third-order valence-corrected chi connectivity index (χ3v) is 5.87. The van der Waals surface area contributed by atoms with Gasteiger partial charge in [0.25, 0.3) is 5.91 Å². The van der Waals surface area contributed by atoms with E-state index in [0.717, 1.165) is 46.4 Å². The Kier molecular flexibility index (Phi) is 5.95. The number of aromatic nitrogens is 1. The molecule has 1 aliphatic carbocycles. The molecule has 1 N–H and O–H groups in total. The Labute approximate surface area is 197 Å². The number of allylic oxidation sites excluding steroid dienone is 1. The summed E-state index contributed by atoms with van der Waals surface area (Å²) in [4.78, 5) is 30.6. The maximum atomic E-state index is 13.3. The number of pyridine rings is 1. The summed E-state index contributed by atoms with van der Waals surface area (Å²) in [7, 11) is 0. The van der Waals surface area contributed by atoms with Gasteiger partial charge >= 0.3 is 5.97 Å². The molecule has 0 spiro atoms. The molecule has 6 nitrogen and oxygen atoms in total. The average molecular weight is 453 g/mol. The van der Waals surface area contributed by atoms with Gasteiger partial charge in [0.15, 0.2) is 6.61 Å². The maximum Gasteiger partial charge on any atom is 0.339 e. The number of benzene rings is 2. The monoisotopic (exact) mass is 452 g/mol. The fraction of sp³-hybridized carbons (Fsp3) is 0.179. The molecule has 0 bridgehead atoms. The number of aryl methyl sites for hydroxylation is 1. The van der Waals surface area contributed by atoms with Crippen molar-refractivity contribution in [3.8, 4) is 0 Å². The van der Waals surface area contributed by atoms with Crippen LogP contribution in [0.4, 0.5) is 5.69 Å². The second kappa shape index (κ2) is 9.35. The summed E-state index contributed by atoms with van der Waals surface area (Å²) in [5.41, 5.74) is 5.56. The number of ether oxygens (including phenoxy) is 1. The third kappa shape index (κ3) is 4.48. The molecule has 2 heterocycles. The molecule has 0 aliphatic heterocycles. The van der Waals surface area contributed by atoms with Crippen molar-refractivity contribution in [2.75, 3.05) is 11.9 Å². The van der Waals surface area contributed by atoms with Gasteiger partial charge in [-0.1, -0.05) is 30.3 Å². The van der Waals surface area contributed by atoms with Crippen molar-refractivity contribution in [1.82, 2.24) is 4.98 Å². The maximum absolute atomic E-state index is 13.3. The molecule has 2 aromatic heterocycles. The van der Waals surface area contributed by atoms with Crippen LogP contribution >= 0.6 is 0 Å². The highest BCUT2D eigenvalue weighted by Gasteiger charge is 2.26. The van der Waals surface area contributed by atoms with Crippen molar-refractivity contribution >= 4 is 40.1 Å². The molecule has 5 rings (SSSR count). The Bertz CT molecular complexity index is 1400. The minimum Gasteiger partial charge on any atom is -0.465 e. The summed E-state index contributed by atoms with van der Waals surface area (Å²) in [6.07, 6.45) is 6.04. The Morgan fingerprint density at radius 1 is 1.09 bits per heavy atom. The standard InChI is InChI=1S/C28H24N2O4/c1-18-7-4-9-20(15-18)29-25(31)17-34-28(32)26-22-11-2-3-13-24(22)30-27-19(8-5-12-23(26)27)16-21-10-6-14-33-21/h2-4,6-7,9-11,13-16H,5,8,12,17H2,1H3,(H,29,31). The second-order valence-electron chi connectivity index (χ2n) is 8.36. The molecule has 0 unspecified atom stereocenters. The van der Waals surface area contributed by atoms with Gasteiger partial charge in [-0.3, -0.25) is 4.79 Å². The van der Waals surface area contributed by atoms with Crippen LogP contribution in [0.1, 0.15) is 45.8 Å². The van der Waals surface area contributed by atoms with Crippen molar-refractivity contribution in [3.63, 3.8) is 0 Å². The average Bonchev–Trinajstić information content (AvgIpc) is 3.34. The van der Waals surface area contributed by atoms with Crippen LogP contribution in [-0.2, 0) is 16.0 Å². The number of anilines is 1. The summed E-state index contributed by atoms with van der Waals surface area (Å²) in [6, 6.07) is 18.7. The van der Waals surface area contributed by atoms with Gasteiger partial charge in [-0.25, -0.2) is 9.78 Å². The van der Waals surface area contributed by atoms with Gasteiger partial charge in [0.05, 0.1) is 23.0 Å². The van der Waals surface area contributed by atoms with E-state index >= 15 is 0 Å². The number of amides is 1. The molecular formula is C28H24N2O4. The summed E-state index contributed by atoms with van der Waals surface area (Å²) >= 11 is 0. The lowest BCUT2D eigenvalue weighted by Gasteiger charge is -2.22. The van der Waals surface area contributed by atoms with Gasteiger partial charge < -0.3 is 14.5 Å². The molecule has 0 saturated heterocycles. The topological polar surface area (TPSA) is 81.4 Å². The van der Waals surface area contributed by atoms with Crippen LogP contribution in [0.5, 0.6) is 0 Å². The number of carbonyl (C=O) groups excluding carboxylic acids is 2. The number of carbonyl (C=O) groups is 2. The number of hydrogen-bond donors (Lipinski definition) is 1. The fourth-order valence-electron chi connectivity index (χ4n) is 4.38. The van der Waals surface area contributed by atoms with E-state index < -0.39 is 5.97 Å². The Hall–Kier alpha value is -4.19. The van der Waals surface area contributed by atoms with E-state index in [1.807, 2.05) is 67.6 Å². The highest BCUT2D eigenvalue weighted by atomic mass is 16.5. The van der Waals surface area contributed by atoms with Crippen LogP contribution < -0.4 is 5.32 Å². The van der Waals surface area contributed by atoms with E-state index in [2.05, 4.69) is 5.32 Å². The quantitative estimate of drug-likeness (QED) is 0.387. The minimum atomic E-state index is -0.520. The molecule has 34 heavy (non-hydrogen) atoms. The second-order valence-corrected chi connectivity index (χ2v) is 8.36. The van der Waals surface area contributed by atoms with E-state index in [-0.39, 0.29) is 12.5 Å². The van der Waals surface area contributed by atoms with Crippen LogP contribution in [0.15, 0.2) is 71.3 Å². The number of nitrogens with one attached hydrogen (secondary N) is 1. The molecule has 170 valence electrons. The first kappa shape index (κ1) is 21.6. The number of fused-ring (bicyclic) bond motifs is 2. The molecule has 4 aromatic rings. The molecule has 1 amide bonds. The largest absolute Gasteiger partial charge is 0.465 e. The van der Waals surface area contributed by atoms with Crippen molar-refractivity contribution < 1.29 is 18.7 Å². The Balaban J connectivity index is 1.45. The molecule has 1 aliphatic rings. The van der Waals surface area contributed by atoms with Crippen LogP contribution in [0.25, 0.3) is 22.6 Å². The van der Waals surface area contributed by atoms with Gasteiger partial charge in [-0.15, -0.1) is 0 Å². The van der Waals surface area contributed by atoms with E-state index in [4.69, 9.17) is 14.1 Å². The highest BCUT2D eigenvalue weighted by molar-refractivity contribution is 6.07. The van der Waals surface area contributed by atoms with Crippen LogP contribution in [0, 0.1) is 6.92 Å². The number of esters is 1. The summed E-state index contributed by atoms with van der Waals surface area (Å²) in [6.45, 7) is 1.58. The Morgan fingerprint density at radius 2 is 1.97 bits per heavy atom. The molecular weight excluding hydrogens is 428 g/mol. The van der Waals surface area contributed by atoms with Gasteiger partial charge in [0.1, 0.15) is 5.76 Å². The van der Waals surface area contributed by atoms with E-state index in [1.165, 1.54) is 0 Å². The first-order valence-electron chi connectivity index (χ1n) is 11.3. The number of para-hydroxylation sites is 1. The third-order valence-electron chi connectivity index (χ3n) is 5.87.